The maximum absolute atomic E-state index is 11.2. The second-order valence-corrected chi connectivity index (χ2v) is 9.54. The molecule has 2 aromatic rings. The van der Waals surface area contributed by atoms with Gasteiger partial charge in [0.15, 0.2) is 11.0 Å². The summed E-state index contributed by atoms with van der Waals surface area (Å²) in [7, 11) is 0. The van der Waals surface area contributed by atoms with Gasteiger partial charge in [-0.1, -0.05) is 89.9 Å². The van der Waals surface area contributed by atoms with Crippen LogP contribution in [0.25, 0.3) is 11.4 Å². The maximum Gasteiger partial charge on any atom is 0.227 e. The Hall–Kier alpha value is -1.82. The van der Waals surface area contributed by atoms with Crippen LogP contribution in [0.2, 0.25) is 0 Å². The van der Waals surface area contributed by atoms with E-state index in [2.05, 4.69) is 73.6 Å². The van der Waals surface area contributed by atoms with E-state index in [9.17, 15) is 4.79 Å². The first-order valence-electron chi connectivity index (χ1n) is 10.2. The first kappa shape index (κ1) is 22.5. The zero-order chi connectivity index (χ0) is 20.7. The van der Waals surface area contributed by atoms with Crippen molar-refractivity contribution in [2.75, 3.05) is 5.75 Å². The van der Waals surface area contributed by atoms with Gasteiger partial charge in [0.2, 0.25) is 5.91 Å². The Kier molecular flexibility index (Phi) is 8.10. The topological polar surface area (TPSA) is 73.8 Å². The van der Waals surface area contributed by atoms with E-state index in [0.717, 1.165) is 23.1 Å². The number of primary amides is 1. The minimum Gasteiger partial charge on any atom is -0.369 e. The Bertz CT molecular complexity index is 762. The van der Waals surface area contributed by atoms with Gasteiger partial charge in [0.25, 0.3) is 0 Å². The van der Waals surface area contributed by atoms with Gasteiger partial charge in [0, 0.05) is 12.1 Å². The molecule has 2 rings (SSSR count). The minimum absolute atomic E-state index is 0.114. The van der Waals surface area contributed by atoms with E-state index in [-0.39, 0.29) is 17.1 Å². The van der Waals surface area contributed by atoms with Crippen LogP contribution in [0.15, 0.2) is 29.4 Å². The Morgan fingerprint density at radius 2 is 1.86 bits per heavy atom. The number of benzene rings is 1. The van der Waals surface area contributed by atoms with Crippen molar-refractivity contribution in [1.82, 2.24) is 14.8 Å². The van der Waals surface area contributed by atoms with E-state index in [1.807, 2.05) is 0 Å². The molecular formula is C22H34N4OS. The number of carbonyl (C=O) groups is 1. The standard InChI is InChI=1S/C22H34N4OS/c1-6-7-8-9-16(2)14-26-20(24-25-21(26)28-15-19(23)27)17-10-12-18(13-11-17)22(3,4)5/h10-13,16H,6-9,14-15H2,1-5H3,(H2,23,27)/t16-/m0/s1. The molecule has 0 radical (unpaired) electrons. The third-order valence-electron chi connectivity index (χ3n) is 4.86. The van der Waals surface area contributed by atoms with Gasteiger partial charge in [-0.05, 0) is 23.3 Å². The SMILES string of the molecule is CCCCC[C@H](C)Cn1c(SCC(N)=O)nnc1-c1ccc(C(C)(C)C)cc1. The monoisotopic (exact) mass is 402 g/mol. The third-order valence-corrected chi connectivity index (χ3v) is 5.85. The molecular weight excluding hydrogens is 368 g/mol. The Morgan fingerprint density at radius 3 is 2.43 bits per heavy atom. The molecule has 1 atom stereocenters. The van der Waals surface area contributed by atoms with Crippen molar-refractivity contribution in [2.24, 2.45) is 11.7 Å². The van der Waals surface area contributed by atoms with Crippen LogP contribution in [0.1, 0.15) is 65.9 Å². The van der Waals surface area contributed by atoms with Crippen molar-refractivity contribution in [3.8, 4) is 11.4 Å². The lowest BCUT2D eigenvalue weighted by Crippen LogP contribution is -2.15. The smallest absolute Gasteiger partial charge is 0.227 e. The first-order chi connectivity index (χ1) is 13.2. The molecule has 0 aliphatic rings. The number of hydrogen-bond acceptors (Lipinski definition) is 4. The molecule has 5 nitrogen and oxygen atoms in total. The summed E-state index contributed by atoms with van der Waals surface area (Å²) in [6.07, 6.45) is 4.90. The third kappa shape index (κ3) is 6.36. The Morgan fingerprint density at radius 1 is 1.18 bits per heavy atom. The zero-order valence-electron chi connectivity index (χ0n) is 17.9. The van der Waals surface area contributed by atoms with Crippen molar-refractivity contribution in [3.05, 3.63) is 29.8 Å². The summed E-state index contributed by atoms with van der Waals surface area (Å²) in [6.45, 7) is 12.0. The lowest BCUT2D eigenvalue weighted by Gasteiger charge is -2.19. The highest BCUT2D eigenvalue weighted by atomic mass is 32.2. The molecule has 0 aliphatic carbocycles. The summed E-state index contributed by atoms with van der Waals surface area (Å²) in [4.78, 5) is 11.2. The molecule has 28 heavy (non-hydrogen) atoms. The molecule has 1 heterocycles. The van der Waals surface area contributed by atoms with Crippen LogP contribution in [-0.4, -0.2) is 26.4 Å². The molecule has 6 heteroatoms. The second-order valence-electron chi connectivity index (χ2n) is 8.60. The predicted octanol–water partition coefficient (Wildman–Crippen LogP) is 5.04. The van der Waals surface area contributed by atoms with Gasteiger partial charge in [0.05, 0.1) is 5.75 Å². The molecule has 1 amide bonds. The van der Waals surface area contributed by atoms with Crippen molar-refractivity contribution < 1.29 is 4.79 Å². The number of unbranched alkanes of at least 4 members (excludes halogenated alkanes) is 2. The van der Waals surface area contributed by atoms with Gasteiger partial charge < -0.3 is 10.3 Å². The number of aromatic nitrogens is 3. The van der Waals surface area contributed by atoms with Crippen LogP contribution in [0, 0.1) is 5.92 Å². The van der Waals surface area contributed by atoms with Gasteiger partial charge >= 0.3 is 0 Å². The summed E-state index contributed by atoms with van der Waals surface area (Å²) < 4.78 is 2.15. The number of nitrogens with zero attached hydrogens (tertiary/aromatic N) is 3. The summed E-state index contributed by atoms with van der Waals surface area (Å²) >= 11 is 1.36. The highest BCUT2D eigenvalue weighted by molar-refractivity contribution is 7.99. The van der Waals surface area contributed by atoms with Gasteiger partial charge in [-0.25, -0.2) is 0 Å². The van der Waals surface area contributed by atoms with Crippen molar-refractivity contribution in [2.45, 2.75) is 77.4 Å². The summed E-state index contributed by atoms with van der Waals surface area (Å²) in [6, 6.07) is 8.56. The fourth-order valence-corrected chi connectivity index (χ4v) is 3.86. The summed E-state index contributed by atoms with van der Waals surface area (Å²) in [5.74, 6) is 1.25. The van der Waals surface area contributed by atoms with Crippen LogP contribution in [0.5, 0.6) is 0 Å². The molecule has 0 fully saturated rings. The Labute approximate surface area is 173 Å². The van der Waals surface area contributed by atoms with E-state index in [1.165, 1.54) is 43.0 Å². The lowest BCUT2D eigenvalue weighted by atomic mass is 9.86. The summed E-state index contributed by atoms with van der Waals surface area (Å²) in [5, 5.41) is 9.56. The normalized spacial score (nSPS) is 12.9. The van der Waals surface area contributed by atoms with Crippen molar-refractivity contribution >= 4 is 17.7 Å². The fourth-order valence-electron chi connectivity index (χ4n) is 3.17. The molecule has 0 saturated carbocycles. The molecule has 0 unspecified atom stereocenters. The molecule has 0 saturated heterocycles. The first-order valence-corrected chi connectivity index (χ1v) is 11.2. The Balaban J connectivity index is 2.28. The number of thioether (sulfide) groups is 1. The van der Waals surface area contributed by atoms with Crippen LogP contribution in [-0.2, 0) is 16.8 Å². The van der Waals surface area contributed by atoms with Crippen molar-refractivity contribution in [1.29, 1.82) is 0 Å². The molecule has 1 aromatic heterocycles. The molecule has 0 bridgehead atoms. The van der Waals surface area contributed by atoms with Crippen molar-refractivity contribution in [3.63, 3.8) is 0 Å². The van der Waals surface area contributed by atoms with Gasteiger partial charge in [-0.15, -0.1) is 10.2 Å². The van der Waals surface area contributed by atoms with E-state index in [0.29, 0.717) is 5.92 Å². The average molecular weight is 403 g/mol. The maximum atomic E-state index is 11.2. The second kappa shape index (κ2) is 10.1. The fraction of sp³-hybridized carbons (Fsp3) is 0.591. The lowest BCUT2D eigenvalue weighted by molar-refractivity contribution is -0.115. The van der Waals surface area contributed by atoms with E-state index in [4.69, 9.17) is 5.73 Å². The molecule has 154 valence electrons. The molecule has 0 aliphatic heterocycles. The number of carbonyl (C=O) groups excluding carboxylic acids is 1. The predicted molar refractivity (Wildman–Crippen MR) is 117 cm³/mol. The van der Waals surface area contributed by atoms with Crippen LogP contribution >= 0.6 is 11.8 Å². The number of rotatable bonds is 10. The van der Waals surface area contributed by atoms with E-state index in [1.54, 1.807) is 0 Å². The number of nitrogens with two attached hydrogens (primary N) is 1. The number of hydrogen-bond donors (Lipinski definition) is 1. The number of amides is 1. The van der Waals surface area contributed by atoms with E-state index >= 15 is 0 Å². The molecule has 1 aromatic carbocycles. The largest absolute Gasteiger partial charge is 0.369 e. The van der Waals surface area contributed by atoms with Gasteiger partial charge in [-0.2, -0.15) is 0 Å². The van der Waals surface area contributed by atoms with Crippen LogP contribution in [0.3, 0.4) is 0 Å². The van der Waals surface area contributed by atoms with Crippen LogP contribution in [0.4, 0.5) is 0 Å². The molecule has 0 spiro atoms. The minimum atomic E-state index is -0.341. The highest BCUT2D eigenvalue weighted by Gasteiger charge is 2.19. The van der Waals surface area contributed by atoms with E-state index < -0.39 is 0 Å². The average Bonchev–Trinajstić information content (AvgIpc) is 3.02. The quantitative estimate of drug-likeness (QED) is 0.446. The summed E-state index contributed by atoms with van der Waals surface area (Å²) in [5.41, 5.74) is 7.78. The van der Waals surface area contributed by atoms with Crippen LogP contribution < -0.4 is 5.73 Å². The van der Waals surface area contributed by atoms with Gasteiger partial charge in [-0.3, -0.25) is 4.79 Å². The van der Waals surface area contributed by atoms with Gasteiger partial charge in [0.1, 0.15) is 0 Å². The highest BCUT2D eigenvalue weighted by Crippen LogP contribution is 2.29. The zero-order valence-corrected chi connectivity index (χ0v) is 18.7. The molecule has 2 N–H and O–H groups in total.